The van der Waals surface area contributed by atoms with Crippen molar-refractivity contribution in [3.8, 4) is 0 Å². The van der Waals surface area contributed by atoms with Crippen molar-refractivity contribution < 1.29 is 32.9 Å². The van der Waals surface area contributed by atoms with Gasteiger partial charge in [0.2, 0.25) is 5.91 Å². The van der Waals surface area contributed by atoms with Crippen LogP contribution in [0.2, 0.25) is 0 Å². The molecule has 0 aromatic rings. The van der Waals surface area contributed by atoms with E-state index in [4.69, 9.17) is 9.05 Å². The summed E-state index contributed by atoms with van der Waals surface area (Å²) >= 11 is 0. The highest BCUT2D eigenvalue weighted by molar-refractivity contribution is 7.45. The number of hydrogen-bond donors (Lipinski definition) is 2. The van der Waals surface area contributed by atoms with Crippen LogP contribution in [-0.2, 0) is 18.4 Å². The second kappa shape index (κ2) is 35.7. The van der Waals surface area contributed by atoms with Gasteiger partial charge >= 0.3 is 0 Å². The van der Waals surface area contributed by atoms with Crippen molar-refractivity contribution in [1.29, 1.82) is 0 Å². The van der Waals surface area contributed by atoms with Crippen molar-refractivity contribution >= 4 is 13.7 Å². The van der Waals surface area contributed by atoms with Crippen molar-refractivity contribution in [2.45, 2.75) is 206 Å². The van der Waals surface area contributed by atoms with Crippen LogP contribution in [0.15, 0.2) is 24.3 Å². The molecule has 0 aromatic heterocycles. The Bertz CT molecular complexity index is 907. The van der Waals surface area contributed by atoms with Crippen LogP contribution in [0.5, 0.6) is 0 Å². The number of allylic oxidation sites excluding steroid dienone is 3. The predicted molar refractivity (Wildman–Crippen MR) is 219 cm³/mol. The first-order chi connectivity index (χ1) is 25.0. The summed E-state index contributed by atoms with van der Waals surface area (Å²) in [5.74, 6) is -0.209. The van der Waals surface area contributed by atoms with Crippen molar-refractivity contribution in [1.82, 2.24) is 5.32 Å². The third-order valence-electron chi connectivity index (χ3n) is 9.66. The van der Waals surface area contributed by atoms with Gasteiger partial charge in [-0.2, -0.15) is 0 Å². The maximum Gasteiger partial charge on any atom is 0.268 e. The zero-order valence-corrected chi connectivity index (χ0v) is 35.7. The Balaban J connectivity index is 4.45. The number of rotatable bonds is 39. The first-order valence-electron chi connectivity index (χ1n) is 21.7. The fraction of sp³-hybridized carbons (Fsp3) is 0.884. The van der Waals surface area contributed by atoms with E-state index in [1.165, 1.54) is 135 Å². The van der Waals surface area contributed by atoms with Crippen LogP contribution >= 0.6 is 7.82 Å². The van der Waals surface area contributed by atoms with Crippen molar-refractivity contribution in [3.05, 3.63) is 24.3 Å². The summed E-state index contributed by atoms with van der Waals surface area (Å²) in [6.45, 7) is 4.61. The van der Waals surface area contributed by atoms with Crippen LogP contribution in [0.1, 0.15) is 194 Å². The molecule has 0 spiro atoms. The molecule has 0 aliphatic heterocycles. The van der Waals surface area contributed by atoms with Crippen LogP contribution < -0.4 is 10.2 Å². The Kier molecular flexibility index (Phi) is 35.0. The summed E-state index contributed by atoms with van der Waals surface area (Å²) in [5, 5.41) is 13.7. The number of aliphatic hydroxyl groups excluding tert-OH is 1. The van der Waals surface area contributed by atoms with Gasteiger partial charge in [-0.1, -0.05) is 179 Å². The quantitative estimate of drug-likeness (QED) is 0.0280. The van der Waals surface area contributed by atoms with E-state index in [9.17, 15) is 19.4 Å². The number of nitrogens with zero attached hydrogens (tertiary/aromatic N) is 1. The largest absolute Gasteiger partial charge is 0.756 e. The molecule has 0 radical (unpaired) electrons. The number of likely N-dealkylation sites (N-methyl/N-ethyl adjacent to an activating group) is 1. The number of phosphoric acid groups is 1. The second-order valence-electron chi connectivity index (χ2n) is 16.0. The zero-order valence-electron chi connectivity index (χ0n) is 34.8. The number of carbonyl (C=O) groups excluding carboxylic acids is 1. The summed E-state index contributed by atoms with van der Waals surface area (Å²) in [5.41, 5.74) is 0. The second-order valence-corrected chi connectivity index (χ2v) is 17.5. The number of amides is 1. The normalized spacial score (nSPS) is 14.7. The fourth-order valence-corrected chi connectivity index (χ4v) is 6.89. The van der Waals surface area contributed by atoms with Crippen molar-refractivity contribution in [2.24, 2.45) is 0 Å². The highest BCUT2D eigenvalue weighted by Gasteiger charge is 2.23. The summed E-state index contributed by atoms with van der Waals surface area (Å²) in [6.07, 6.45) is 40.8. The van der Waals surface area contributed by atoms with Crippen molar-refractivity contribution in [2.75, 3.05) is 40.9 Å². The third kappa shape index (κ3) is 37.3. The molecule has 0 rings (SSSR count). The Morgan fingerprint density at radius 2 is 1.08 bits per heavy atom. The van der Waals surface area contributed by atoms with Gasteiger partial charge in [-0.05, 0) is 32.1 Å². The molecule has 0 fully saturated rings. The summed E-state index contributed by atoms with van der Waals surface area (Å²) < 4.78 is 23.1. The van der Waals surface area contributed by atoms with Crippen LogP contribution in [-0.4, -0.2) is 68.5 Å². The molecule has 0 aliphatic carbocycles. The van der Waals surface area contributed by atoms with E-state index in [2.05, 4.69) is 31.3 Å². The van der Waals surface area contributed by atoms with Gasteiger partial charge in [0.15, 0.2) is 0 Å². The smallest absolute Gasteiger partial charge is 0.268 e. The van der Waals surface area contributed by atoms with E-state index in [1.807, 2.05) is 27.2 Å². The number of nitrogens with one attached hydrogen (secondary N) is 1. The number of aliphatic hydroxyl groups is 1. The zero-order chi connectivity index (χ0) is 38.6. The van der Waals surface area contributed by atoms with Gasteiger partial charge < -0.3 is 28.8 Å². The standard InChI is InChI=1S/C43H85N2O6P/c1-6-8-10-12-14-16-18-19-20-21-22-23-24-25-27-28-30-32-34-36-42(46)41(40-51-52(48,49)50-39-38-45(3,4)5)44-43(47)37-35-33-31-29-26-17-15-13-11-9-7-2/h27-28,34,36,41-42,46H,6-26,29-33,35,37-40H2,1-5H3,(H-,44,47,48,49)/b28-27+,36-34+. The minimum absolute atomic E-state index is 0.00447. The van der Waals surface area contributed by atoms with Gasteiger partial charge in [0.25, 0.3) is 7.82 Å². The third-order valence-corrected chi connectivity index (χ3v) is 10.6. The minimum Gasteiger partial charge on any atom is -0.756 e. The van der Waals surface area contributed by atoms with E-state index in [1.54, 1.807) is 6.08 Å². The Morgan fingerprint density at radius 1 is 0.654 bits per heavy atom. The molecule has 0 heterocycles. The molecule has 2 N–H and O–H groups in total. The minimum atomic E-state index is -4.59. The Hall–Kier alpha value is -1.02. The lowest BCUT2D eigenvalue weighted by molar-refractivity contribution is -0.870. The number of hydrogen-bond acceptors (Lipinski definition) is 6. The SMILES string of the molecule is CCCCCCCCCCCCCCC/C=C/CC/C=C/C(O)C(COP(=O)([O-])OCC[N+](C)(C)C)NC(=O)CCCCCCCCCCCCC. The Morgan fingerprint density at radius 3 is 1.56 bits per heavy atom. The number of phosphoric ester groups is 1. The molecule has 9 heteroatoms. The van der Waals surface area contributed by atoms with E-state index >= 15 is 0 Å². The highest BCUT2D eigenvalue weighted by atomic mass is 31.2. The van der Waals surface area contributed by atoms with Gasteiger partial charge in [-0.3, -0.25) is 9.36 Å². The number of quaternary nitrogens is 1. The van der Waals surface area contributed by atoms with E-state index < -0.39 is 20.0 Å². The maximum absolute atomic E-state index is 12.8. The summed E-state index contributed by atoms with van der Waals surface area (Å²) in [6, 6.07) is -0.896. The van der Waals surface area contributed by atoms with Gasteiger partial charge in [0, 0.05) is 6.42 Å². The first kappa shape index (κ1) is 51.0. The van der Waals surface area contributed by atoms with E-state index in [-0.39, 0.29) is 19.1 Å². The molecule has 0 bridgehead atoms. The molecule has 0 aliphatic rings. The van der Waals surface area contributed by atoms with Gasteiger partial charge in [-0.25, -0.2) is 0 Å². The molecule has 1 amide bonds. The molecule has 8 nitrogen and oxygen atoms in total. The fourth-order valence-electron chi connectivity index (χ4n) is 6.17. The lowest BCUT2D eigenvalue weighted by Gasteiger charge is -2.29. The molecule has 3 atom stereocenters. The predicted octanol–water partition coefficient (Wildman–Crippen LogP) is 11.1. The van der Waals surface area contributed by atoms with Crippen LogP contribution in [0, 0.1) is 0 Å². The summed E-state index contributed by atoms with van der Waals surface area (Å²) in [4.78, 5) is 25.2. The van der Waals surface area contributed by atoms with E-state index in [0.29, 0.717) is 17.4 Å². The van der Waals surface area contributed by atoms with Crippen LogP contribution in [0.3, 0.4) is 0 Å². The molecule has 3 unspecified atom stereocenters. The number of unbranched alkanes of at least 4 members (excludes halogenated alkanes) is 24. The molecule has 0 saturated heterocycles. The molecule has 52 heavy (non-hydrogen) atoms. The topological polar surface area (TPSA) is 108 Å². The average Bonchev–Trinajstić information content (AvgIpc) is 3.09. The first-order valence-corrected chi connectivity index (χ1v) is 23.2. The molecular formula is C43H85N2O6P. The van der Waals surface area contributed by atoms with Crippen LogP contribution in [0.25, 0.3) is 0 Å². The highest BCUT2D eigenvalue weighted by Crippen LogP contribution is 2.38. The van der Waals surface area contributed by atoms with Gasteiger partial charge in [0.1, 0.15) is 13.2 Å². The Labute approximate surface area is 322 Å². The number of carbonyl (C=O) groups is 1. The molecular weight excluding hydrogens is 671 g/mol. The van der Waals surface area contributed by atoms with Crippen LogP contribution in [0.4, 0.5) is 0 Å². The molecule has 308 valence electrons. The van der Waals surface area contributed by atoms with E-state index in [0.717, 1.165) is 38.5 Å². The average molecular weight is 757 g/mol. The summed E-state index contributed by atoms with van der Waals surface area (Å²) in [7, 11) is 1.25. The lowest BCUT2D eigenvalue weighted by Crippen LogP contribution is -2.45. The van der Waals surface area contributed by atoms with Gasteiger partial charge in [-0.15, -0.1) is 0 Å². The maximum atomic E-state index is 12.8. The lowest BCUT2D eigenvalue weighted by atomic mass is 10.0. The molecule has 0 saturated carbocycles. The van der Waals surface area contributed by atoms with Crippen molar-refractivity contribution in [3.63, 3.8) is 0 Å². The monoisotopic (exact) mass is 757 g/mol. The molecule has 0 aromatic carbocycles. The van der Waals surface area contributed by atoms with Gasteiger partial charge in [0.05, 0.1) is 39.9 Å².